The van der Waals surface area contributed by atoms with Crippen LogP contribution in [0.2, 0.25) is 0 Å². The first-order chi connectivity index (χ1) is 9.93. The molecule has 0 aromatic carbocycles. The number of nitrogens with two attached hydrogens (primary N) is 1. The van der Waals surface area contributed by atoms with Crippen LogP contribution in [0, 0.1) is 20.8 Å². The number of nitrogens with zero attached hydrogens (tertiary/aromatic N) is 3. The second-order valence-corrected chi connectivity index (χ2v) is 4.79. The van der Waals surface area contributed by atoms with E-state index >= 15 is 0 Å². The van der Waals surface area contributed by atoms with Crippen LogP contribution in [-0.2, 0) is 4.74 Å². The third-order valence-corrected chi connectivity index (χ3v) is 3.02. The summed E-state index contributed by atoms with van der Waals surface area (Å²) in [4.78, 5) is 24.7. The van der Waals surface area contributed by atoms with Crippen LogP contribution in [0.5, 0.6) is 0 Å². The summed E-state index contributed by atoms with van der Waals surface area (Å²) < 4.78 is 4.96. The quantitative estimate of drug-likeness (QED) is 0.870. The van der Waals surface area contributed by atoms with Gasteiger partial charge < -0.3 is 10.5 Å². The summed E-state index contributed by atoms with van der Waals surface area (Å²) >= 11 is 0. The summed E-state index contributed by atoms with van der Waals surface area (Å²) in [5.74, 6) is 0.0147. The lowest BCUT2D eigenvalue weighted by molar-refractivity contribution is 0.0526. The van der Waals surface area contributed by atoms with Crippen molar-refractivity contribution in [2.45, 2.75) is 27.7 Å². The van der Waals surface area contributed by atoms with Gasteiger partial charge in [0.1, 0.15) is 17.1 Å². The summed E-state index contributed by atoms with van der Waals surface area (Å²) in [6.07, 6.45) is 1.75. The van der Waals surface area contributed by atoms with Gasteiger partial charge in [0.05, 0.1) is 12.3 Å². The van der Waals surface area contributed by atoms with Gasteiger partial charge in [-0.05, 0) is 38.8 Å². The van der Waals surface area contributed by atoms with Gasteiger partial charge in [0.25, 0.3) is 0 Å². The minimum atomic E-state index is -0.507. The number of ether oxygens (including phenoxy) is 1. The van der Waals surface area contributed by atoms with E-state index in [2.05, 4.69) is 15.0 Å². The Morgan fingerprint density at radius 1 is 1.29 bits per heavy atom. The molecule has 0 radical (unpaired) electrons. The van der Waals surface area contributed by atoms with E-state index in [0.717, 1.165) is 11.1 Å². The van der Waals surface area contributed by atoms with Gasteiger partial charge >= 0.3 is 5.97 Å². The molecule has 0 atom stereocenters. The topological polar surface area (TPSA) is 91.0 Å². The van der Waals surface area contributed by atoms with Crippen LogP contribution < -0.4 is 5.73 Å². The minimum Gasteiger partial charge on any atom is -0.462 e. The molecule has 110 valence electrons. The Kier molecular flexibility index (Phi) is 4.16. The Labute approximate surface area is 123 Å². The van der Waals surface area contributed by atoms with Crippen molar-refractivity contribution in [1.29, 1.82) is 0 Å². The highest BCUT2D eigenvalue weighted by atomic mass is 16.5. The monoisotopic (exact) mass is 286 g/mol. The largest absolute Gasteiger partial charge is 0.462 e. The van der Waals surface area contributed by atoms with Crippen LogP contribution in [0.25, 0.3) is 11.5 Å². The first-order valence-electron chi connectivity index (χ1n) is 6.68. The Morgan fingerprint density at radius 2 is 2.00 bits per heavy atom. The van der Waals surface area contributed by atoms with Crippen LogP contribution in [0.3, 0.4) is 0 Å². The molecule has 0 spiro atoms. The van der Waals surface area contributed by atoms with Crippen LogP contribution in [-0.4, -0.2) is 27.5 Å². The van der Waals surface area contributed by atoms with Crippen LogP contribution in [0.4, 0.5) is 5.82 Å². The van der Waals surface area contributed by atoms with Crippen LogP contribution >= 0.6 is 0 Å². The number of aromatic nitrogens is 3. The van der Waals surface area contributed by atoms with Crippen molar-refractivity contribution in [2.24, 2.45) is 0 Å². The lowest BCUT2D eigenvalue weighted by Crippen LogP contribution is -2.14. The minimum absolute atomic E-state index is 0.109. The van der Waals surface area contributed by atoms with Gasteiger partial charge in [0.15, 0.2) is 5.82 Å². The molecule has 0 unspecified atom stereocenters. The average molecular weight is 286 g/mol. The van der Waals surface area contributed by atoms with Crippen molar-refractivity contribution in [3.63, 3.8) is 0 Å². The van der Waals surface area contributed by atoms with Gasteiger partial charge in [-0.1, -0.05) is 6.07 Å². The molecule has 0 fully saturated rings. The number of rotatable bonds is 3. The van der Waals surface area contributed by atoms with Gasteiger partial charge in [0, 0.05) is 6.20 Å². The van der Waals surface area contributed by atoms with E-state index in [0.29, 0.717) is 17.2 Å². The maximum absolute atomic E-state index is 11.8. The van der Waals surface area contributed by atoms with Crippen molar-refractivity contribution in [1.82, 2.24) is 15.0 Å². The van der Waals surface area contributed by atoms with E-state index in [1.807, 2.05) is 19.9 Å². The Hall–Kier alpha value is -2.50. The fraction of sp³-hybridized carbons (Fsp3) is 0.333. The Balaban J connectivity index is 2.51. The van der Waals surface area contributed by atoms with E-state index in [9.17, 15) is 4.79 Å². The highest BCUT2D eigenvalue weighted by molar-refractivity contribution is 5.95. The molecule has 21 heavy (non-hydrogen) atoms. The molecule has 0 aliphatic rings. The summed E-state index contributed by atoms with van der Waals surface area (Å²) in [7, 11) is 0. The fourth-order valence-electron chi connectivity index (χ4n) is 2.11. The number of aryl methyl sites for hydroxylation is 3. The van der Waals surface area contributed by atoms with E-state index < -0.39 is 5.97 Å². The Bertz CT molecular complexity index is 675. The number of hydrogen-bond acceptors (Lipinski definition) is 6. The molecule has 0 saturated carbocycles. The fourth-order valence-corrected chi connectivity index (χ4v) is 2.11. The molecule has 2 heterocycles. The van der Waals surface area contributed by atoms with Gasteiger partial charge in [-0.25, -0.2) is 14.8 Å². The van der Waals surface area contributed by atoms with Crippen molar-refractivity contribution < 1.29 is 9.53 Å². The van der Waals surface area contributed by atoms with Gasteiger partial charge in [0.2, 0.25) is 0 Å². The van der Waals surface area contributed by atoms with Gasteiger partial charge in [-0.3, -0.25) is 4.98 Å². The SMILES string of the molecule is CCOC(=O)c1c(C)nc(-c2ncc(C)cc2C)nc1N. The van der Waals surface area contributed by atoms with Crippen molar-refractivity contribution >= 4 is 11.8 Å². The normalized spacial score (nSPS) is 10.5. The Morgan fingerprint density at radius 3 is 2.57 bits per heavy atom. The van der Waals surface area contributed by atoms with Crippen molar-refractivity contribution in [3.8, 4) is 11.5 Å². The van der Waals surface area contributed by atoms with Gasteiger partial charge in [-0.15, -0.1) is 0 Å². The lowest BCUT2D eigenvalue weighted by atomic mass is 10.1. The maximum atomic E-state index is 11.8. The molecule has 2 N–H and O–H groups in total. The molecular weight excluding hydrogens is 268 g/mol. The highest BCUT2D eigenvalue weighted by Crippen LogP contribution is 2.22. The third-order valence-electron chi connectivity index (χ3n) is 3.02. The second-order valence-electron chi connectivity index (χ2n) is 4.79. The molecule has 2 aromatic rings. The molecule has 0 aliphatic heterocycles. The predicted molar refractivity (Wildman–Crippen MR) is 79.8 cm³/mol. The summed E-state index contributed by atoms with van der Waals surface area (Å²) in [6, 6.07) is 2.00. The van der Waals surface area contributed by atoms with Crippen molar-refractivity contribution in [2.75, 3.05) is 12.3 Å². The maximum Gasteiger partial charge on any atom is 0.343 e. The van der Waals surface area contributed by atoms with Crippen LogP contribution in [0.1, 0.15) is 34.1 Å². The molecule has 6 heteroatoms. The molecular formula is C15H18N4O2. The number of nitrogen functional groups attached to an aromatic ring is 1. The first-order valence-corrected chi connectivity index (χ1v) is 6.68. The van der Waals surface area contributed by atoms with E-state index in [1.54, 1.807) is 20.0 Å². The zero-order chi connectivity index (χ0) is 15.6. The van der Waals surface area contributed by atoms with Gasteiger partial charge in [-0.2, -0.15) is 0 Å². The first kappa shape index (κ1) is 14.9. The van der Waals surface area contributed by atoms with Crippen molar-refractivity contribution in [3.05, 3.63) is 34.6 Å². The summed E-state index contributed by atoms with van der Waals surface area (Å²) in [5.41, 5.74) is 9.26. The molecule has 0 aliphatic carbocycles. The third kappa shape index (κ3) is 2.99. The second kappa shape index (κ2) is 5.87. The van der Waals surface area contributed by atoms with E-state index in [4.69, 9.17) is 10.5 Å². The van der Waals surface area contributed by atoms with E-state index in [-0.39, 0.29) is 18.0 Å². The number of carbonyl (C=O) groups excluding carboxylic acids is 1. The van der Waals surface area contributed by atoms with E-state index in [1.165, 1.54) is 0 Å². The molecule has 6 nitrogen and oxygen atoms in total. The van der Waals surface area contributed by atoms with Crippen LogP contribution in [0.15, 0.2) is 12.3 Å². The molecule has 0 bridgehead atoms. The highest BCUT2D eigenvalue weighted by Gasteiger charge is 2.19. The molecule has 0 saturated heterocycles. The number of esters is 1. The number of hydrogen-bond donors (Lipinski definition) is 1. The smallest absolute Gasteiger partial charge is 0.343 e. The standard InChI is InChI=1S/C15H18N4O2/c1-5-21-15(20)11-10(4)18-14(19-13(11)16)12-9(3)6-8(2)7-17-12/h6-7H,5H2,1-4H3,(H2,16,18,19). The predicted octanol–water partition coefficient (Wildman–Crippen LogP) is 2.22. The number of pyridine rings is 1. The zero-order valence-corrected chi connectivity index (χ0v) is 12.6. The molecule has 2 aromatic heterocycles. The summed E-state index contributed by atoms with van der Waals surface area (Å²) in [5, 5.41) is 0. The summed E-state index contributed by atoms with van der Waals surface area (Å²) in [6.45, 7) is 7.62. The molecule has 0 amide bonds. The average Bonchev–Trinajstić information content (AvgIpc) is 2.37. The number of carbonyl (C=O) groups is 1. The lowest BCUT2D eigenvalue weighted by Gasteiger charge is -2.10. The zero-order valence-electron chi connectivity index (χ0n) is 12.6. The number of anilines is 1. The molecule has 2 rings (SSSR count).